The minimum atomic E-state index is -0.569. The summed E-state index contributed by atoms with van der Waals surface area (Å²) in [5.41, 5.74) is 0.305. The molecular weight excluding hydrogens is 292 g/mol. The van der Waals surface area contributed by atoms with Gasteiger partial charge in [-0.15, -0.1) is 0 Å². The van der Waals surface area contributed by atoms with E-state index in [0.29, 0.717) is 22.2 Å². The van der Waals surface area contributed by atoms with Crippen LogP contribution < -0.4 is 10.1 Å². The van der Waals surface area contributed by atoms with E-state index >= 15 is 0 Å². The van der Waals surface area contributed by atoms with Crippen molar-refractivity contribution >= 4 is 29.3 Å². The third-order valence-corrected chi connectivity index (χ3v) is 2.93. The van der Waals surface area contributed by atoms with E-state index in [-0.39, 0.29) is 5.57 Å². The van der Waals surface area contributed by atoms with Gasteiger partial charge in [-0.1, -0.05) is 11.6 Å². The zero-order valence-corrected chi connectivity index (χ0v) is 11.8. The minimum absolute atomic E-state index is 0.0863. The number of carbonyl (C=O) groups excluding carboxylic acids is 1. The minimum Gasteiger partial charge on any atom is -0.497 e. The average Bonchev–Trinajstić information content (AvgIpc) is 2.99. The highest BCUT2D eigenvalue weighted by molar-refractivity contribution is 6.34. The molecule has 1 aromatic carbocycles. The van der Waals surface area contributed by atoms with Gasteiger partial charge in [0.25, 0.3) is 5.91 Å². The Labute approximate surface area is 126 Å². The zero-order chi connectivity index (χ0) is 15.2. The summed E-state index contributed by atoms with van der Waals surface area (Å²) < 4.78 is 10.1. The summed E-state index contributed by atoms with van der Waals surface area (Å²) in [4.78, 5) is 12.0. The number of nitrogens with one attached hydrogen (secondary N) is 1. The van der Waals surface area contributed by atoms with Crippen LogP contribution in [0.5, 0.6) is 5.75 Å². The summed E-state index contributed by atoms with van der Waals surface area (Å²) in [7, 11) is 1.52. The van der Waals surface area contributed by atoms with Gasteiger partial charge in [-0.2, -0.15) is 5.26 Å². The van der Waals surface area contributed by atoms with Crippen LogP contribution in [0.25, 0.3) is 6.08 Å². The molecule has 0 fully saturated rings. The molecule has 0 aliphatic heterocycles. The number of rotatable bonds is 4. The number of halogens is 1. The first-order valence-corrected chi connectivity index (χ1v) is 6.32. The van der Waals surface area contributed by atoms with Crippen molar-refractivity contribution in [1.29, 1.82) is 5.26 Å². The van der Waals surface area contributed by atoms with Crippen molar-refractivity contribution in [2.24, 2.45) is 0 Å². The first-order chi connectivity index (χ1) is 10.1. The Kier molecular flexibility index (Phi) is 4.64. The molecular formula is C15H11ClN2O3. The van der Waals surface area contributed by atoms with Gasteiger partial charge in [0.2, 0.25) is 0 Å². The molecule has 0 radical (unpaired) electrons. The summed E-state index contributed by atoms with van der Waals surface area (Å²) in [5.74, 6) is 0.424. The van der Waals surface area contributed by atoms with E-state index in [4.69, 9.17) is 26.0 Å². The van der Waals surface area contributed by atoms with Crippen LogP contribution in [-0.2, 0) is 4.79 Å². The number of furan rings is 1. The van der Waals surface area contributed by atoms with E-state index in [1.807, 2.05) is 6.07 Å². The molecule has 1 N–H and O–H groups in total. The molecule has 0 aliphatic carbocycles. The number of methoxy groups -OCH3 is 1. The molecule has 6 heteroatoms. The number of hydrogen-bond acceptors (Lipinski definition) is 4. The van der Waals surface area contributed by atoms with Crippen molar-refractivity contribution in [3.8, 4) is 11.8 Å². The van der Waals surface area contributed by atoms with Crippen LogP contribution in [0, 0.1) is 11.3 Å². The van der Waals surface area contributed by atoms with Gasteiger partial charge in [-0.3, -0.25) is 4.79 Å². The molecule has 2 aromatic rings. The lowest BCUT2D eigenvalue weighted by molar-refractivity contribution is -0.112. The summed E-state index contributed by atoms with van der Waals surface area (Å²) in [6.45, 7) is 0. The highest BCUT2D eigenvalue weighted by Crippen LogP contribution is 2.27. The molecule has 0 unspecified atom stereocenters. The molecule has 106 valence electrons. The predicted octanol–water partition coefficient (Wildman–Crippen LogP) is 3.49. The third kappa shape index (κ3) is 3.65. The SMILES string of the molecule is COc1ccc(NC(=O)/C(C#N)=C\c2ccco2)c(Cl)c1. The number of nitriles is 1. The second kappa shape index (κ2) is 6.64. The quantitative estimate of drug-likeness (QED) is 0.693. The molecule has 0 spiro atoms. The Hall–Kier alpha value is -2.71. The van der Waals surface area contributed by atoms with Gasteiger partial charge < -0.3 is 14.5 Å². The topological polar surface area (TPSA) is 75.3 Å². The first-order valence-electron chi connectivity index (χ1n) is 5.94. The maximum atomic E-state index is 12.0. The molecule has 0 bridgehead atoms. The van der Waals surface area contributed by atoms with Crippen molar-refractivity contribution in [3.63, 3.8) is 0 Å². The lowest BCUT2D eigenvalue weighted by atomic mass is 10.2. The smallest absolute Gasteiger partial charge is 0.266 e. The van der Waals surface area contributed by atoms with Crippen LogP contribution in [0.15, 0.2) is 46.6 Å². The molecule has 2 rings (SSSR count). The predicted molar refractivity (Wildman–Crippen MR) is 78.9 cm³/mol. The normalized spacial score (nSPS) is 10.8. The Bertz CT molecular complexity index is 715. The highest BCUT2D eigenvalue weighted by atomic mass is 35.5. The van der Waals surface area contributed by atoms with Gasteiger partial charge in [-0.05, 0) is 24.3 Å². The maximum Gasteiger partial charge on any atom is 0.266 e. The molecule has 1 heterocycles. The van der Waals surface area contributed by atoms with Crippen molar-refractivity contribution in [2.45, 2.75) is 0 Å². The average molecular weight is 303 g/mol. The Morgan fingerprint density at radius 2 is 2.29 bits per heavy atom. The van der Waals surface area contributed by atoms with E-state index in [2.05, 4.69) is 5.32 Å². The maximum absolute atomic E-state index is 12.0. The van der Waals surface area contributed by atoms with E-state index in [9.17, 15) is 4.79 Å². The zero-order valence-electron chi connectivity index (χ0n) is 11.1. The highest BCUT2D eigenvalue weighted by Gasteiger charge is 2.12. The monoisotopic (exact) mass is 302 g/mol. The molecule has 0 atom stereocenters. The number of amides is 1. The largest absolute Gasteiger partial charge is 0.497 e. The van der Waals surface area contributed by atoms with Crippen LogP contribution in [0.3, 0.4) is 0 Å². The fourth-order valence-electron chi connectivity index (χ4n) is 1.58. The molecule has 5 nitrogen and oxygen atoms in total. The van der Waals surface area contributed by atoms with E-state index in [1.165, 1.54) is 19.4 Å². The molecule has 0 saturated heterocycles. The van der Waals surface area contributed by atoms with Crippen LogP contribution in [0.2, 0.25) is 5.02 Å². The van der Waals surface area contributed by atoms with Gasteiger partial charge in [0.1, 0.15) is 23.2 Å². The van der Waals surface area contributed by atoms with Crippen molar-refractivity contribution in [3.05, 3.63) is 53.0 Å². The fourth-order valence-corrected chi connectivity index (χ4v) is 1.80. The second-order valence-electron chi connectivity index (χ2n) is 3.99. The van der Waals surface area contributed by atoms with Crippen LogP contribution in [-0.4, -0.2) is 13.0 Å². The third-order valence-electron chi connectivity index (χ3n) is 2.62. The number of ether oxygens (including phenoxy) is 1. The number of hydrogen-bond donors (Lipinski definition) is 1. The van der Waals surface area contributed by atoms with Crippen LogP contribution >= 0.6 is 11.6 Å². The lowest BCUT2D eigenvalue weighted by Crippen LogP contribution is -2.13. The Balaban J connectivity index is 2.19. The van der Waals surface area contributed by atoms with E-state index in [1.54, 1.807) is 30.3 Å². The molecule has 1 aromatic heterocycles. The van der Waals surface area contributed by atoms with Gasteiger partial charge >= 0.3 is 0 Å². The van der Waals surface area contributed by atoms with Crippen LogP contribution in [0.1, 0.15) is 5.76 Å². The molecule has 0 saturated carbocycles. The van der Waals surface area contributed by atoms with Gasteiger partial charge in [-0.25, -0.2) is 0 Å². The Morgan fingerprint density at radius 1 is 1.48 bits per heavy atom. The molecule has 0 aliphatic rings. The number of anilines is 1. The summed E-state index contributed by atoms with van der Waals surface area (Å²) in [5, 5.41) is 11.9. The molecule has 1 amide bonds. The lowest BCUT2D eigenvalue weighted by Gasteiger charge is -2.08. The standard InChI is InChI=1S/C15H11ClN2O3/c1-20-11-4-5-14(13(16)8-11)18-15(19)10(9-17)7-12-3-2-6-21-12/h2-8H,1H3,(H,18,19)/b10-7-. The van der Waals surface area contributed by atoms with Crippen LogP contribution in [0.4, 0.5) is 5.69 Å². The van der Waals surface area contributed by atoms with Gasteiger partial charge in [0.15, 0.2) is 0 Å². The first kappa shape index (κ1) is 14.7. The summed E-state index contributed by atoms with van der Waals surface area (Å²) in [6.07, 6.45) is 2.81. The fraction of sp³-hybridized carbons (Fsp3) is 0.0667. The van der Waals surface area contributed by atoms with Crippen molar-refractivity contribution in [1.82, 2.24) is 0 Å². The second-order valence-corrected chi connectivity index (χ2v) is 4.39. The summed E-state index contributed by atoms with van der Waals surface area (Å²) >= 11 is 6.03. The van der Waals surface area contributed by atoms with Gasteiger partial charge in [0, 0.05) is 12.1 Å². The van der Waals surface area contributed by atoms with E-state index in [0.717, 1.165) is 0 Å². The summed E-state index contributed by atoms with van der Waals surface area (Å²) in [6, 6.07) is 9.96. The molecule has 21 heavy (non-hydrogen) atoms. The van der Waals surface area contributed by atoms with E-state index < -0.39 is 5.91 Å². The number of nitrogens with zero attached hydrogens (tertiary/aromatic N) is 1. The number of benzene rings is 1. The number of carbonyl (C=O) groups is 1. The van der Waals surface area contributed by atoms with Gasteiger partial charge in [0.05, 0.1) is 24.1 Å². The van der Waals surface area contributed by atoms with Crippen molar-refractivity contribution < 1.29 is 13.9 Å². The Morgan fingerprint density at radius 3 is 2.86 bits per heavy atom. The van der Waals surface area contributed by atoms with Crippen molar-refractivity contribution in [2.75, 3.05) is 12.4 Å².